The van der Waals surface area contributed by atoms with E-state index in [1.54, 1.807) is 0 Å². The Morgan fingerprint density at radius 2 is 2.06 bits per heavy atom. The van der Waals surface area contributed by atoms with Crippen LogP contribution in [0, 0.1) is 0 Å². The molecular formula is C11H20N2O4. The van der Waals surface area contributed by atoms with Crippen molar-refractivity contribution in [2.24, 2.45) is 0 Å². The van der Waals surface area contributed by atoms with Gasteiger partial charge in [-0.2, -0.15) is 0 Å². The summed E-state index contributed by atoms with van der Waals surface area (Å²) >= 11 is 0. The summed E-state index contributed by atoms with van der Waals surface area (Å²) in [6.07, 6.45) is 0.731. The van der Waals surface area contributed by atoms with Gasteiger partial charge in [-0.05, 0) is 27.2 Å². The van der Waals surface area contributed by atoms with E-state index in [-0.39, 0.29) is 18.2 Å². The lowest BCUT2D eigenvalue weighted by Crippen LogP contribution is -2.56. The molecular weight excluding hydrogens is 224 g/mol. The van der Waals surface area contributed by atoms with Gasteiger partial charge in [0.15, 0.2) is 0 Å². The van der Waals surface area contributed by atoms with Crippen LogP contribution >= 0.6 is 0 Å². The lowest BCUT2D eigenvalue weighted by atomic mass is 10.0. The van der Waals surface area contributed by atoms with E-state index in [0.717, 1.165) is 6.42 Å². The van der Waals surface area contributed by atoms with E-state index in [1.807, 2.05) is 6.92 Å². The molecule has 0 spiro atoms. The number of amides is 2. The molecule has 0 aromatic heterocycles. The molecule has 0 aromatic rings. The number of carboxylic acid groups (broad SMARTS) is 1. The van der Waals surface area contributed by atoms with Crippen molar-refractivity contribution in [1.82, 2.24) is 10.2 Å². The highest BCUT2D eigenvalue weighted by molar-refractivity contribution is 5.85. The number of hydrogen-bond acceptors (Lipinski definition) is 3. The number of aliphatic carboxylic acids is 1. The van der Waals surface area contributed by atoms with Crippen molar-refractivity contribution in [2.75, 3.05) is 13.7 Å². The largest absolute Gasteiger partial charge is 0.480 e. The van der Waals surface area contributed by atoms with Crippen LogP contribution in [0.25, 0.3) is 0 Å². The van der Waals surface area contributed by atoms with Crippen molar-refractivity contribution in [3.8, 4) is 0 Å². The Bertz CT molecular complexity index is 317. The molecule has 1 aliphatic rings. The van der Waals surface area contributed by atoms with E-state index >= 15 is 0 Å². The molecule has 0 saturated carbocycles. The van der Waals surface area contributed by atoms with Gasteiger partial charge in [-0.25, -0.2) is 9.59 Å². The molecule has 6 nitrogen and oxygen atoms in total. The minimum absolute atomic E-state index is 0.0275. The molecule has 1 aliphatic heterocycles. The average molecular weight is 244 g/mol. The van der Waals surface area contributed by atoms with Gasteiger partial charge in [-0.15, -0.1) is 0 Å². The van der Waals surface area contributed by atoms with Gasteiger partial charge in [0.1, 0.15) is 5.54 Å². The standard InChI is InChI=1S/C11H20N2O4/c1-7-8(5-6-17-7)12-10(16)13(4)11(2,3)9(14)15/h7-8H,5-6H2,1-4H3,(H,12,16)(H,14,15). The van der Waals surface area contributed by atoms with Gasteiger partial charge in [0.05, 0.1) is 12.1 Å². The number of nitrogens with one attached hydrogen (secondary N) is 1. The maximum Gasteiger partial charge on any atom is 0.329 e. The minimum Gasteiger partial charge on any atom is -0.480 e. The molecule has 2 unspecified atom stereocenters. The predicted molar refractivity (Wildman–Crippen MR) is 61.8 cm³/mol. The Labute approximate surface area is 101 Å². The third kappa shape index (κ3) is 2.88. The molecule has 0 aliphatic carbocycles. The maximum absolute atomic E-state index is 11.9. The molecule has 0 bridgehead atoms. The lowest BCUT2D eigenvalue weighted by molar-refractivity contribution is -0.146. The fourth-order valence-corrected chi connectivity index (χ4v) is 1.57. The molecule has 1 fully saturated rings. The molecule has 2 N–H and O–H groups in total. The van der Waals surface area contributed by atoms with E-state index in [4.69, 9.17) is 9.84 Å². The molecule has 1 saturated heterocycles. The van der Waals surface area contributed by atoms with Crippen molar-refractivity contribution in [2.45, 2.75) is 44.9 Å². The zero-order valence-corrected chi connectivity index (χ0v) is 10.7. The Morgan fingerprint density at radius 3 is 2.47 bits per heavy atom. The number of carbonyl (C=O) groups excluding carboxylic acids is 1. The van der Waals surface area contributed by atoms with Crippen LogP contribution in [0.1, 0.15) is 27.2 Å². The first-order valence-electron chi connectivity index (χ1n) is 5.66. The molecule has 2 atom stereocenters. The van der Waals surface area contributed by atoms with Crippen LogP contribution in [-0.2, 0) is 9.53 Å². The highest BCUT2D eigenvalue weighted by Gasteiger charge is 2.37. The van der Waals surface area contributed by atoms with Crippen LogP contribution in [0.4, 0.5) is 4.79 Å². The van der Waals surface area contributed by atoms with Crippen molar-refractivity contribution in [3.63, 3.8) is 0 Å². The fourth-order valence-electron chi connectivity index (χ4n) is 1.57. The van der Waals surface area contributed by atoms with Crippen LogP contribution in [0.3, 0.4) is 0 Å². The minimum atomic E-state index is -1.23. The summed E-state index contributed by atoms with van der Waals surface area (Å²) < 4.78 is 5.33. The normalized spacial score (nSPS) is 24.5. The Balaban J connectivity index is 2.61. The Kier molecular flexibility index (Phi) is 3.98. The average Bonchev–Trinajstić information content (AvgIpc) is 2.63. The van der Waals surface area contributed by atoms with Gasteiger partial charge in [-0.1, -0.05) is 0 Å². The van der Waals surface area contributed by atoms with Crippen molar-refractivity contribution < 1.29 is 19.4 Å². The number of carboxylic acids is 1. The summed E-state index contributed by atoms with van der Waals surface area (Å²) in [4.78, 5) is 24.1. The molecule has 98 valence electrons. The Hall–Kier alpha value is -1.30. The van der Waals surface area contributed by atoms with Crippen LogP contribution in [0.15, 0.2) is 0 Å². The van der Waals surface area contributed by atoms with Crippen LogP contribution in [0.2, 0.25) is 0 Å². The summed E-state index contributed by atoms with van der Waals surface area (Å²) in [6.45, 7) is 5.49. The first kappa shape index (κ1) is 13.8. The monoisotopic (exact) mass is 244 g/mol. The second kappa shape index (κ2) is 4.91. The van der Waals surface area contributed by atoms with Gasteiger partial charge in [-0.3, -0.25) is 0 Å². The first-order valence-corrected chi connectivity index (χ1v) is 5.66. The molecule has 2 amide bonds. The van der Waals surface area contributed by atoms with Crippen molar-refractivity contribution in [1.29, 1.82) is 0 Å². The molecule has 1 rings (SSSR count). The number of carbonyl (C=O) groups is 2. The quantitative estimate of drug-likeness (QED) is 0.764. The number of ether oxygens (including phenoxy) is 1. The second-order valence-electron chi connectivity index (χ2n) is 4.84. The zero-order chi connectivity index (χ0) is 13.2. The van der Waals surface area contributed by atoms with Crippen LogP contribution in [-0.4, -0.2) is 53.3 Å². The van der Waals surface area contributed by atoms with Crippen LogP contribution in [0.5, 0.6) is 0 Å². The summed E-state index contributed by atoms with van der Waals surface area (Å²) in [6, 6.07) is -0.436. The summed E-state index contributed by atoms with van der Waals surface area (Å²) in [5.74, 6) is -1.04. The first-order chi connectivity index (χ1) is 7.76. The molecule has 0 radical (unpaired) electrons. The second-order valence-corrected chi connectivity index (χ2v) is 4.84. The number of urea groups is 1. The highest BCUT2D eigenvalue weighted by Crippen LogP contribution is 2.16. The molecule has 1 heterocycles. The summed E-state index contributed by atoms with van der Waals surface area (Å²) in [7, 11) is 1.48. The van der Waals surface area contributed by atoms with E-state index < -0.39 is 11.5 Å². The topological polar surface area (TPSA) is 78.9 Å². The van der Waals surface area contributed by atoms with Gasteiger partial charge >= 0.3 is 12.0 Å². The van der Waals surface area contributed by atoms with Crippen molar-refractivity contribution in [3.05, 3.63) is 0 Å². The Morgan fingerprint density at radius 1 is 1.47 bits per heavy atom. The SMILES string of the molecule is CC1OCCC1NC(=O)N(C)C(C)(C)C(=O)O. The van der Waals surface area contributed by atoms with Crippen molar-refractivity contribution >= 4 is 12.0 Å². The number of hydrogen-bond donors (Lipinski definition) is 2. The van der Waals surface area contributed by atoms with Crippen LogP contribution < -0.4 is 5.32 Å². The third-order valence-corrected chi connectivity index (χ3v) is 3.35. The molecule has 17 heavy (non-hydrogen) atoms. The summed E-state index contributed by atoms with van der Waals surface area (Å²) in [5, 5.41) is 11.8. The summed E-state index contributed by atoms with van der Waals surface area (Å²) in [5.41, 5.74) is -1.23. The fraction of sp³-hybridized carbons (Fsp3) is 0.818. The van der Waals surface area contributed by atoms with Gasteiger partial charge in [0.2, 0.25) is 0 Å². The maximum atomic E-state index is 11.9. The van der Waals surface area contributed by atoms with Gasteiger partial charge < -0.3 is 20.1 Å². The van der Waals surface area contributed by atoms with E-state index in [1.165, 1.54) is 25.8 Å². The van der Waals surface area contributed by atoms with Gasteiger partial charge in [0.25, 0.3) is 0 Å². The number of likely N-dealkylation sites (N-methyl/N-ethyl adjacent to an activating group) is 1. The predicted octanol–water partition coefficient (Wildman–Crippen LogP) is 0.668. The van der Waals surface area contributed by atoms with E-state index in [9.17, 15) is 9.59 Å². The lowest BCUT2D eigenvalue weighted by Gasteiger charge is -2.32. The third-order valence-electron chi connectivity index (χ3n) is 3.35. The van der Waals surface area contributed by atoms with E-state index in [0.29, 0.717) is 6.61 Å². The number of rotatable bonds is 3. The highest BCUT2D eigenvalue weighted by atomic mass is 16.5. The number of nitrogens with zero attached hydrogens (tertiary/aromatic N) is 1. The smallest absolute Gasteiger partial charge is 0.329 e. The zero-order valence-electron chi connectivity index (χ0n) is 10.7. The van der Waals surface area contributed by atoms with Gasteiger partial charge in [0, 0.05) is 13.7 Å². The van der Waals surface area contributed by atoms with E-state index in [2.05, 4.69) is 5.32 Å². The molecule has 6 heteroatoms. The molecule has 0 aromatic carbocycles.